The summed E-state index contributed by atoms with van der Waals surface area (Å²) in [5.74, 6) is -0.387. The molecule has 7 heteroatoms. The lowest BCUT2D eigenvalue weighted by Gasteiger charge is -2.18. The second-order valence-electron chi connectivity index (χ2n) is 5.46. The van der Waals surface area contributed by atoms with Crippen molar-refractivity contribution in [3.63, 3.8) is 0 Å². The number of benzene rings is 1. The van der Waals surface area contributed by atoms with Crippen LogP contribution in [0.4, 0.5) is 0 Å². The summed E-state index contributed by atoms with van der Waals surface area (Å²) < 4.78 is 22.5. The van der Waals surface area contributed by atoms with Crippen LogP contribution < -0.4 is 10.5 Å². The quantitative estimate of drug-likeness (QED) is 0.891. The summed E-state index contributed by atoms with van der Waals surface area (Å²) >= 11 is 5.79. The van der Waals surface area contributed by atoms with Crippen molar-refractivity contribution in [1.82, 2.24) is 5.32 Å². The van der Waals surface area contributed by atoms with E-state index in [2.05, 4.69) is 5.32 Å². The minimum atomic E-state index is -3.89. The van der Waals surface area contributed by atoms with Crippen molar-refractivity contribution < 1.29 is 13.2 Å². The van der Waals surface area contributed by atoms with Crippen LogP contribution in [0.15, 0.2) is 23.1 Å². The van der Waals surface area contributed by atoms with Crippen LogP contribution in [-0.4, -0.2) is 20.9 Å². The average Bonchev–Trinajstić information content (AvgIpc) is 2.22. The maximum atomic E-state index is 11.9. The van der Waals surface area contributed by atoms with Crippen LogP contribution in [0.1, 0.15) is 31.1 Å². The summed E-state index contributed by atoms with van der Waals surface area (Å²) in [4.78, 5) is 11.7. The van der Waals surface area contributed by atoms with Crippen molar-refractivity contribution in [2.75, 3.05) is 6.54 Å². The summed E-state index contributed by atoms with van der Waals surface area (Å²) in [6.07, 6.45) is 0. The van der Waals surface area contributed by atoms with Crippen LogP contribution in [0.25, 0.3) is 0 Å². The van der Waals surface area contributed by atoms with E-state index in [1.807, 2.05) is 20.8 Å². The number of sulfonamides is 1. The van der Waals surface area contributed by atoms with Crippen LogP contribution in [0.2, 0.25) is 5.02 Å². The molecule has 0 aliphatic heterocycles. The van der Waals surface area contributed by atoms with E-state index in [4.69, 9.17) is 16.7 Å². The van der Waals surface area contributed by atoms with Crippen LogP contribution in [-0.2, 0) is 10.0 Å². The van der Waals surface area contributed by atoms with Gasteiger partial charge in [-0.1, -0.05) is 32.4 Å². The minimum Gasteiger partial charge on any atom is -0.352 e. The van der Waals surface area contributed by atoms with Gasteiger partial charge in [-0.3, -0.25) is 4.79 Å². The fourth-order valence-electron chi connectivity index (χ4n) is 1.31. The van der Waals surface area contributed by atoms with Crippen molar-refractivity contribution in [3.8, 4) is 0 Å². The molecule has 0 bridgehead atoms. The first-order valence-electron chi connectivity index (χ1n) is 5.61. The predicted octanol–water partition coefficient (Wildman–Crippen LogP) is 1.76. The maximum absolute atomic E-state index is 11.9. The number of hydrogen-bond donors (Lipinski definition) is 2. The summed E-state index contributed by atoms with van der Waals surface area (Å²) in [6, 6.07) is 3.81. The molecule has 0 fully saturated rings. The van der Waals surface area contributed by atoms with Crippen LogP contribution in [0, 0.1) is 5.41 Å². The third kappa shape index (κ3) is 5.18. The van der Waals surface area contributed by atoms with Gasteiger partial charge in [-0.25, -0.2) is 13.6 Å². The minimum absolute atomic E-state index is 0.0724. The molecule has 0 unspecified atom stereocenters. The standard InChI is InChI=1S/C12H17ClN2O3S/c1-12(2,3)7-15-11(16)8-4-9(13)6-10(5-8)19(14,17)18/h4-6H,7H2,1-3H3,(H,15,16)(H2,14,17,18). The number of nitrogens with one attached hydrogen (secondary N) is 1. The van der Waals surface area contributed by atoms with E-state index in [9.17, 15) is 13.2 Å². The molecule has 1 aromatic rings. The zero-order valence-corrected chi connectivity index (χ0v) is 12.6. The van der Waals surface area contributed by atoms with Crippen LogP contribution in [0.5, 0.6) is 0 Å². The number of carbonyl (C=O) groups is 1. The lowest BCUT2D eigenvalue weighted by Crippen LogP contribution is -2.32. The van der Waals surface area contributed by atoms with Gasteiger partial charge >= 0.3 is 0 Å². The molecule has 0 aliphatic carbocycles. The summed E-state index contributed by atoms with van der Waals surface area (Å²) in [6.45, 7) is 6.38. The number of rotatable bonds is 3. The Hall–Kier alpha value is -1.11. The number of halogens is 1. The van der Waals surface area contributed by atoms with Crippen LogP contribution >= 0.6 is 11.6 Å². The van der Waals surface area contributed by atoms with Gasteiger partial charge in [-0.2, -0.15) is 0 Å². The first-order chi connectivity index (χ1) is 8.49. The van der Waals surface area contributed by atoms with Gasteiger partial charge in [0.25, 0.3) is 5.91 Å². The largest absolute Gasteiger partial charge is 0.352 e. The highest BCUT2D eigenvalue weighted by Crippen LogP contribution is 2.18. The van der Waals surface area contributed by atoms with Crippen molar-refractivity contribution in [3.05, 3.63) is 28.8 Å². The van der Waals surface area contributed by atoms with E-state index >= 15 is 0 Å². The number of amides is 1. The Bertz CT molecular complexity index is 591. The van der Waals surface area contributed by atoms with E-state index in [1.54, 1.807) is 0 Å². The molecule has 0 spiro atoms. The van der Waals surface area contributed by atoms with Gasteiger partial charge in [0.2, 0.25) is 10.0 Å². The zero-order valence-electron chi connectivity index (χ0n) is 11.0. The Labute approximate surface area is 118 Å². The number of carbonyl (C=O) groups excluding carboxylic acids is 1. The van der Waals surface area contributed by atoms with Crippen molar-refractivity contribution in [2.24, 2.45) is 10.6 Å². The number of nitrogens with two attached hydrogens (primary N) is 1. The molecular formula is C12H17ClN2O3S. The lowest BCUT2D eigenvalue weighted by atomic mass is 9.97. The molecule has 0 atom stereocenters. The fourth-order valence-corrected chi connectivity index (χ4v) is 2.19. The molecule has 1 aromatic carbocycles. The topological polar surface area (TPSA) is 89.3 Å². The molecule has 0 radical (unpaired) electrons. The molecule has 1 rings (SSSR count). The number of hydrogen-bond acceptors (Lipinski definition) is 3. The second kappa shape index (κ2) is 5.48. The molecular weight excluding hydrogens is 288 g/mol. The fraction of sp³-hybridized carbons (Fsp3) is 0.417. The van der Waals surface area contributed by atoms with E-state index in [0.29, 0.717) is 6.54 Å². The van der Waals surface area contributed by atoms with Crippen molar-refractivity contribution in [2.45, 2.75) is 25.7 Å². The normalized spacial score (nSPS) is 12.3. The van der Waals surface area contributed by atoms with E-state index in [0.717, 1.165) is 0 Å². The number of primary sulfonamides is 1. The SMILES string of the molecule is CC(C)(C)CNC(=O)c1cc(Cl)cc(S(N)(=O)=O)c1. The zero-order chi connectivity index (χ0) is 14.8. The van der Waals surface area contributed by atoms with Gasteiger partial charge in [-0.05, 0) is 23.6 Å². The molecule has 0 aliphatic rings. The summed E-state index contributed by atoms with van der Waals surface area (Å²) in [5, 5.41) is 7.88. The van der Waals surface area contributed by atoms with E-state index in [-0.39, 0.29) is 26.8 Å². The third-order valence-corrected chi connectivity index (χ3v) is 3.35. The van der Waals surface area contributed by atoms with Gasteiger partial charge in [-0.15, -0.1) is 0 Å². The molecule has 106 valence electrons. The highest BCUT2D eigenvalue weighted by Gasteiger charge is 2.16. The second-order valence-corrected chi connectivity index (χ2v) is 7.46. The summed E-state index contributed by atoms with van der Waals surface area (Å²) in [5.41, 5.74) is 0.0950. The van der Waals surface area contributed by atoms with Gasteiger partial charge in [0.15, 0.2) is 0 Å². The molecule has 0 saturated carbocycles. The molecule has 0 saturated heterocycles. The molecule has 1 amide bonds. The van der Waals surface area contributed by atoms with Gasteiger partial charge < -0.3 is 5.32 Å². The third-order valence-electron chi connectivity index (χ3n) is 2.24. The molecule has 0 aromatic heterocycles. The molecule has 5 nitrogen and oxygen atoms in total. The van der Waals surface area contributed by atoms with E-state index in [1.165, 1.54) is 18.2 Å². The Kier molecular flexibility index (Phi) is 4.60. The van der Waals surface area contributed by atoms with Crippen molar-refractivity contribution >= 4 is 27.5 Å². The monoisotopic (exact) mass is 304 g/mol. The highest BCUT2D eigenvalue weighted by atomic mass is 35.5. The first-order valence-corrected chi connectivity index (χ1v) is 7.53. The maximum Gasteiger partial charge on any atom is 0.251 e. The van der Waals surface area contributed by atoms with Crippen LogP contribution in [0.3, 0.4) is 0 Å². The molecule has 19 heavy (non-hydrogen) atoms. The smallest absolute Gasteiger partial charge is 0.251 e. The Balaban J connectivity index is 3.02. The predicted molar refractivity (Wildman–Crippen MR) is 74.6 cm³/mol. The average molecular weight is 305 g/mol. The van der Waals surface area contributed by atoms with E-state index < -0.39 is 10.0 Å². The van der Waals surface area contributed by atoms with Crippen molar-refractivity contribution in [1.29, 1.82) is 0 Å². The van der Waals surface area contributed by atoms with Gasteiger partial charge in [0.1, 0.15) is 0 Å². The Morgan fingerprint density at radius 2 is 1.89 bits per heavy atom. The van der Waals surface area contributed by atoms with Gasteiger partial charge in [0, 0.05) is 17.1 Å². The molecule has 3 N–H and O–H groups in total. The molecule has 0 heterocycles. The first kappa shape index (κ1) is 15.9. The lowest BCUT2D eigenvalue weighted by molar-refractivity contribution is 0.0939. The highest BCUT2D eigenvalue weighted by molar-refractivity contribution is 7.89. The Morgan fingerprint density at radius 1 is 1.32 bits per heavy atom. The summed E-state index contributed by atoms with van der Waals surface area (Å²) in [7, 11) is -3.89. The Morgan fingerprint density at radius 3 is 2.37 bits per heavy atom. The van der Waals surface area contributed by atoms with Gasteiger partial charge in [0.05, 0.1) is 4.90 Å².